The Morgan fingerprint density at radius 3 is 2.65 bits per heavy atom. The molecule has 4 unspecified atom stereocenters. The monoisotopic (exact) mass is 301 g/mol. The normalized spacial score (nSPS) is 33.5. The zero-order valence-corrected chi connectivity index (χ0v) is 13.1. The summed E-state index contributed by atoms with van der Waals surface area (Å²) in [5, 5.41) is 1.17. The second kappa shape index (κ2) is 6.56. The lowest BCUT2D eigenvalue weighted by Crippen LogP contribution is -2.33. The minimum atomic E-state index is 0.851. The van der Waals surface area contributed by atoms with Gasteiger partial charge in [-0.2, -0.15) is 0 Å². The second-order valence-electron chi connectivity index (χ2n) is 6.47. The molecule has 2 bridgehead atoms. The van der Waals surface area contributed by atoms with Crippen LogP contribution >= 0.6 is 15.9 Å². The predicted octanol–water partition coefficient (Wildman–Crippen LogP) is 4.17. The van der Waals surface area contributed by atoms with Gasteiger partial charge in [-0.3, -0.25) is 0 Å². The van der Waals surface area contributed by atoms with Crippen LogP contribution in [0, 0.1) is 23.7 Å². The van der Waals surface area contributed by atoms with E-state index in [1.54, 1.807) is 6.42 Å². The Balaban J connectivity index is 1.71. The van der Waals surface area contributed by atoms with Gasteiger partial charge in [0.05, 0.1) is 0 Å². The van der Waals surface area contributed by atoms with Gasteiger partial charge < -0.3 is 4.90 Å². The molecule has 0 aromatic rings. The second-order valence-corrected chi connectivity index (χ2v) is 7.11. The van der Waals surface area contributed by atoms with Crippen molar-refractivity contribution >= 4 is 15.9 Å². The van der Waals surface area contributed by atoms with Crippen LogP contribution in [0.25, 0.3) is 0 Å². The predicted molar refractivity (Wildman–Crippen MR) is 78.6 cm³/mol. The van der Waals surface area contributed by atoms with Crippen molar-refractivity contribution in [3.05, 3.63) is 0 Å². The summed E-state index contributed by atoms with van der Waals surface area (Å²) in [7, 11) is 2.33. The Labute approximate surface area is 115 Å². The van der Waals surface area contributed by atoms with Gasteiger partial charge in [-0.05, 0) is 56.4 Å². The molecule has 2 fully saturated rings. The topological polar surface area (TPSA) is 3.24 Å². The smallest absolute Gasteiger partial charge is 0.00718 e. The number of halogens is 1. The van der Waals surface area contributed by atoms with Crippen molar-refractivity contribution in [1.29, 1.82) is 0 Å². The maximum absolute atomic E-state index is 3.66. The van der Waals surface area contributed by atoms with Gasteiger partial charge in [0.25, 0.3) is 0 Å². The highest BCUT2D eigenvalue weighted by Gasteiger charge is 2.39. The maximum atomic E-state index is 3.66. The van der Waals surface area contributed by atoms with E-state index >= 15 is 0 Å². The minimum absolute atomic E-state index is 0.851. The fraction of sp³-hybridized carbons (Fsp3) is 1.00. The van der Waals surface area contributed by atoms with E-state index in [1.165, 1.54) is 50.5 Å². The lowest BCUT2D eigenvalue weighted by molar-refractivity contribution is 0.199. The summed E-state index contributed by atoms with van der Waals surface area (Å²) in [6, 6.07) is 0. The molecular weight excluding hydrogens is 274 g/mol. The molecule has 0 radical (unpaired) electrons. The van der Waals surface area contributed by atoms with Crippen molar-refractivity contribution < 1.29 is 0 Å². The summed E-state index contributed by atoms with van der Waals surface area (Å²) in [6.07, 6.45) is 8.83. The van der Waals surface area contributed by atoms with Crippen molar-refractivity contribution in [3.8, 4) is 0 Å². The fourth-order valence-corrected chi connectivity index (χ4v) is 4.67. The summed E-state index contributed by atoms with van der Waals surface area (Å²) in [6.45, 7) is 4.94. The Hall–Kier alpha value is 0.440. The zero-order chi connectivity index (χ0) is 12.3. The van der Waals surface area contributed by atoms with Gasteiger partial charge >= 0.3 is 0 Å². The largest absolute Gasteiger partial charge is 0.306 e. The zero-order valence-electron chi connectivity index (χ0n) is 11.5. The van der Waals surface area contributed by atoms with E-state index in [4.69, 9.17) is 0 Å². The van der Waals surface area contributed by atoms with Crippen LogP contribution in [0.15, 0.2) is 0 Å². The number of fused-ring (bicyclic) bond motifs is 2. The van der Waals surface area contributed by atoms with E-state index in [2.05, 4.69) is 34.8 Å². The van der Waals surface area contributed by atoms with Crippen LogP contribution in [-0.2, 0) is 0 Å². The number of alkyl halides is 1. The number of nitrogens with zero attached hydrogens (tertiary/aromatic N) is 1. The van der Waals surface area contributed by atoms with Gasteiger partial charge in [0, 0.05) is 18.4 Å². The Bertz CT molecular complexity index is 231. The standard InChI is InChI=1S/C15H28BrN/c1-3-4-13(9-16)10-17(2)11-15-8-12-5-6-14(15)7-12/h12-15H,3-11H2,1-2H3. The molecule has 0 amide bonds. The molecular formula is C15H28BrN. The third-order valence-corrected chi connectivity index (χ3v) is 5.83. The van der Waals surface area contributed by atoms with E-state index in [0.717, 1.165) is 23.7 Å². The van der Waals surface area contributed by atoms with E-state index in [9.17, 15) is 0 Å². The Morgan fingerprint density at radius 1 is 1.29 bits per heavy atom. The molecule has 0 aromatic heterocycles. The SMILES string of the molecule is CCCC(CBr)CN(C)CC1CC2CCC1C2. The van der Waals surface area contributed by atoms with Crippen LogP contribution in [0.5, 0.6) is 0 Å². The molecule has 17 heavy (non-hydrogen) atoms. The summed E-state index contributed by atoms with van der Waals surface area (Å²) in [5.74, 6) is 4.05. The quantitative estimate of drug-likeness (QED) is 0.638. The van der Waals surface area contributed by atoms with Crippen LogP contribution in [0.3, 0.4) is 0 Å². The first kappa shape index (κ1) is 13.9. The summed E-state index contributed by atoms with van der Waals surface area (Å²) in [5.41, 5.74) is 0. The van der Waals surface area contributed by atoms with E-state index in [-0.39, 0.29) is 0 Å². The molecule has 0 heterocycles. The van der Waals surface area contributed by atoms with Crippen molar-refractivity contribution in [1.82, 2.24) is 4.90 Å². The summed E-state index contributed by atoms with van der Waals surface area (Å²) < 4.78 is 0. The first-order chi connectivity index (χ1) is 8.22. The van der Waals surface area contributed by atoms with Gasteiger partial charge in [0.2, 0.25) is 0 Å². The molecule has 0 spiro atoms. The van der Waals surface area contributed by atoms with Crippen LogP contribution in [0.2, 0.25) is 0 Å². The van der Waals surface area contributed by atoms with Crippen LogP contribution in [0.4, 0.5) is 0 Å². The van der Waals surface area contributed by atoms with Gasteiger partial charge in [-0.25, -0.2) is 0 Å². The molecule has 2 heteroatoms. The van der Waals surface area contributed by atoms with Crippen molar-refractivity contribution in [3.63, 3.8) is 0 Å². The van der Waals surface area contributed by atoms with Crippen molar-refractivity contribution in [2.75, 3.05) is 25.5 Å². The van der Waals surface area contributed by atoms with Crippen molar-refractivity contribution in [2.24, 2.45) is 23.7 Å². The first-order valence-electron chi connectivity index (χ1n) is 7.47. The molecule has 100 valence electrons. The molecule has 1 nitrogen and oxygen atoms in total. The van der Waals surface area contributed by atoms with Crippen molar-refractivity contribution in [2.45, 2.75) is 45.4 Å². The minimum Gasteiger partial charge on any atom is -0.306 e. The highest BCUT2D eigenvalue weighted by Crippen LogP contribution is 2.48. The molecule has 0 saturated heterocycles. The molecule has 0 N–H and O–H groups in total. The molecule has 0 aliphatic heterocycles. The average molecular weight is 302 g/mol. The first-order valence-corrected chi connectivity index (χ1v) is 8.59. The van der Waals surface area contributed by atoms with Crippen LogP contribution in [-0.4, -0.2) is 30.4 Å². The lowest BCUT2D eigenvalue weighted by Gasteiger charge is -2.29. The van der Waals surface area contributed by atoms with Gasteiger partial charge in [0.15, 0.2) is 0 Å². The lowest BCUT2D eigenvalue weighted by atomic mass is 9.88. The molecule has 0 aromatic carbocycles. The fourth-order valence-electron chi connectivity index (χ4n) is 4.14. The Kier molecular flexibility index (Phi) is 5.35. The average Bonchev–Trinajstić information content (AvgIpc) is 2.90. The van der Waals surface area contributed by atoms with E-state index < -0.39 is 0 Å². The molecule has 2 rings (SSSR count). The summed E-state index contributed by atoms with van der Waals surface area (Å²) in [4.78, 5) is 2.60. The molecule has 2 aliphatic carbocycles. The van der Waals surface area contributed by atoms with Gasteiger partial charge in [0.1, 0.15) is 0 Å². The Morgan fingerprint density at radius 2 is 2.12 bits per heavy atom. The number of hydrogen-bond acceptors (Lipinski definition) is 1. The highest BCUT2D eigenvalue weighted by molar-refractivity contribution is 9.09. The molecule has 4 atom stereocenters. The molecule has 2 aliphatic rings. The maximum Gasteiger partial charge on any atom is 0.00718 e. The van der Waals surface area contributed by atoms with Crippen LogP contribution < -0.4 is 0 Å². The third-order valence-electron chi connectivity index (χ3n) is 4.92. The summed E-state index contributed by atoms with van der Waals surface area (Å²) >= 11 is 3.66. The number of hydrogen-bond donors (Lipinski definition) is 0. The van der Waals surface area contributed by atoms with E-state index in [1.807, 2.05) is 0 Å². The molecule has 2 saturated carbocycles. The number of rotatable bonds is 7. The van der Waals surface area contributed by atoms with Gasteiger partial charge in [-0.15, -0.1) is 0 Å². The third kappa shape index (κ3) is 3.70. The van der Waals surface area contributed by atoms with E-state index in [0.29, 0.717) is 0 Å². The highest BCUT2D eigenvalue weighted by atomic mass is 79.9. The van der Waals surface area contributed by atoms with Gasteiger partial charge in [-0.1, -0.05) is 35.7 Å². The van der Waals surface area contributed by atoms with Crippen LogP contribution in [0.1, 0.15) is 45.4 Å².